The molecule has 3 aromatic rings. The molecule has 1 heterocycles. The number of aromatic nitrogens is 1. The Kier molecular flexibility index (Phi) is 4.98. The van der Waals surface area contributed by atoms with Gasteiger partial charge in [0.25, 0.3) is 0 Å². The van der Waals surface area contributed by atoms with Crippen molar-refractivity contribution in [1.29, 1.82) is 15.8 Å². The zero-order valence-electron chi connectivity index (χ0n) is 14.3. The summed E-state index contributed by atoms with van der Waals surface area (Å²) in [6.07, 6.45) is -0.0971. The molecule has 0 aliphatic rings. The highest BCUT2D eigenvalue weighted by atomic mass is 15.0. The van der Waals surface area contributed by atoms with E-state index in [1.165, 1.54) is 0 Å². The quantitative estimate of drug-likeness (QED) is 0.736. The fourth-order valence-corrected chi connectivity index (χ4v) is 2.76. The Morgan fingerprint density at radius 1 is 0.852 bits per heavy atom. The van der Waals surface area contributed by atoms with E-state index >= 15 is 0 Å². The average Bonchev–Trinajstić information content (AvgIpc) is 2.70. The van der Waals surface area contributed by atoms with Gasteiger partial charge in [-0.15, -0.1) is 0 Å². The summed E-state index contributed by atoms with van der Waals surface area (Å²) in [5.41, 5.74) is 9.22. The highest BCUT2D eigenvalue weighted by molar-refractivity contribution is 5.73. The fraction of sp³-hybridized carbons (Fsp3) is 0.0476. The van der Waals surface area contributed by atoms with Gasteiger partial charge in [0.05, 0.1) is 18.1 Å². The molecule has 6 heteroatoms. The second-order valence-corrected chi connectivity index (χ2v) is 5.70. The number of nitrogens with one attached hydrogen (secondary N) is 1. The minimum absolute atomic E-state index is 0.00912. The largest absolute Gasteiger partial charge is 0.383 e. The number of nitrogen functional groups attached to an aromatic ring is 1. The summed E-state index contributed by atoms with van der Waals surface area (Å²) in [6.45, 7) is 0. The van der Waals surface area contributed by atoms with Gasteiger partial charge in [0, 0.05) is 11.3 Å². The molecular formula is C21H14N6. The van der Waals surface area contributed by atoms with Crippen molar-refractivity contribution < 1.29 is 0 Å². The molecule has 0 radical (unpaired) electrons. The van der Waals surface area contributed by atoms with Crippen molar-refractivity contribution in [1.82, 2.24) is 4.98 Å². The van der Waals surface area contributed by atoms with Crippen LogP contribution in [-0.2, 0) is 6.42 Å². The molecule has 0 saturated heterocycles. The van der Waals surface area contributed by atoms with Crippen molar-refractivity contribution >= 4 is 17.3 Å². The Hall–Kier alpha value is -4.34. The number of anilines is 3. The Bertz CT molecular complexity index is 1100. The molecule has 128 valence electrons. The van der Waals surface area contributed by atoms with E-state index in [4.69, 9.17) is 11.0 Å². The van der Waals surface area contributed by atoms with Crippen LogP contribution in [-0.4, -0.2) is 4.98 Å². The van der Waals surface area contributed by atoms with Crippen LogP contribution in [0.25, 0.3) is 11.1 Å². The smallest absolute Gasteiger partial charge is 0.151 e. The third-order valence-corrected chi connectivity index (χ3v) is 4.06. The summed E-state index contributed by atoms with van der Waals surface area (Å²) >= 11 is 0. The molecule has 0 bridgehead atoms. The van der Waals surface area contributed by atoms with Crippen LogP contribution in [0.4, 0.5) is 17.3 Å². The molecular weight excluding hydrogens is 336 g/mol. The van der Waals surface area contributed by atoms with E-state index < -0.39 is 0 Å². The molecule has 0 spiro atoms. The van der Waals surface area contributed by atoms with Crippen molar-refractivity contribution in [3.63, 3.8) is 0 Å². The van der Waals surface area contributed by atoms with Gasteiger partial charge in [0.1, 0.15) is 23.5 Å². The summed E-state index contributed by atoms with van der Waals surface area (Å²) in [6, 6.07) is 23.5. The Morgan fingerprint density at radius 2 is 1.48 bits per heavy atom. The number of nitrogens with two attached hydrogens (primary N) is 1. The maximum atomic E-state index is 9.52. The summed E-state index contributed by atoms with van der Waals surface area (Å²) in [5.74, 6) is 0.219. The number of nitrogens with zero attached hydrogens (tertiary/aromatic N) is 4. The average molecular weight is 350 g/mol. The molecule has 0 saturated carbocycles. The van der Waals surface area contributed by atoms with E-state index in [1.807, 2.05) is 72.8 Å². The van der Waals surface area contributed by atoms with Gasteiger partial charge < -0.3 is 11.1 Å². The monoisotopic (exact) mass is 350 g/mol. The molecule has 0 aliphatic carbocycles. The summed E-state index contributed by atoms with van der Waals surface area (Å²) in [4.78, 5) is 4.15. The number of hydrogen-bond acceptors (Lipinski definition) is 6. The molecule has 0 atom stereocenters. The maximum Gasteiger partial charge on any atom is 0.151 e. The van der Waals surface area contributed by atoms with Crippen LogP contribution >= 0.6 is 0 Å². The van der Waals surface area contributed by atoms with E-state index in [2.05, 4.69) is 10.3 Å². The number of hydrogen-bond donors (Lipinski definition) is 2. The third-order valence-electron chi connectivity index (χ3n) is 4.06. The molecule has 0 amide bonds. The lowest BCUT2D eigenvalue weighted by Crippen LogP contribution is -2.08. The van der Waals surface area contributed by atoms with Crippen molar-refractivity contribution in [2.45, 2.75) is 6.42 Å². The zero-order chi connectivity index (χ0) is 19.2. The van der Waals surface area contributed by atoms with E-state index in [9.17, 15) is 10.5 Å². The van der Waals surface area contributed by atoms with Crippen molar-refractivity contribution in [2.24, 2.45) is 0 Å². The van der Waals surface area contributed by atoms with Gasteiger partial charge in [-0.1, -0.05) is 42.5 Å². The molecule has 3 rings (SSSR count). The van der Waals surface area contributed by atoms with Gasteiger partial charge in [-0.3, -0.25) is 0 Å². The molecule has 0 fully saturated rings. The normalized spacial score (nSPS) is 9.67. The second-order valence-electron chi connectivity index (χ2n) is 5.70. The van der Waals surface area contributed by atoms with Gasteiger partial charge in [0.15, 0.2) is 5.82 Å². The van der Waals surface area contributed by atoms with Crippen molar-refractivity contribution in [2.75, 3.05) is 11.1 Å². The van der Waals surface area contributed by atoms with Gasteiger partial charge >= 0.3 is 0 Å². The van der Waals surface area contributed by atoms with Gasteiger partial charge in [0.2, 0.25) is 0 Å². The predicted octanol–water partition coefficient (Wildman–Crippen LogP) is 3.88. The zero-order valence-corrected chi connectivity index (χ0v) is 14.3. The molecule has 3 N–H and O–H groups in total. The second kappa shape index (κ2) is 7.70. The summed E-state index contributed by atoms with van der Waals surface area (Å²) < 4.78 is 0. The number of benzene rings is 2. The van der Waals surface area contributed by atoms with E-state index in [1.54, 1.807) is 0 Å². The van der Waals surface area contributed by atoms with Gasteiger partial charge in [-0.25, -0.2) is 4.98 Å². The summed E-state index contributed by atoms with van der Waals surface area (Å²) in [5, 5.41) is 30.9. The first kappa shape index (κ1) is 17.5. The van der Waals surface area contributed by atoms with Crippen molar-refractivity contribution in [3.8, 4) is 29.3 Å². The van der Waals surface area contributed by atoms with Crippen molar-refractivity contribution in [3.05, 3.63) is 71.3 Å². The molecule has 27 heavy (non-hydrogen) atoms. The first-order chi connectivity index (χ1) is 13.2. The Balaban J connectivity index is 1.98. The van der Waals surface area contributed by atoms with Crippen LogP contribution < -0.4 is 11.1 Å². The highest BCUT2D eigenvalue weighted by Gasteiger charge is 2.18. The number of rotatable bonds is 4. The minimum Gasteiger partial charge on any atom is -0.383 e. The number of pyridine rings is 1. The molecule has 0 aliphatic heterocycles. The van der Waals surface area contributed by atoms with Crippen LogP contribution in [0.2, 0.25) is 0 Å². The lowest BCUT2D eigenvalue weighted by Gasteiger charge is -2.13. The van der Waals surface area contributed by atoms with Crippen LogP contribution in [0.15, 0.2) is 54.6 Å². The third kappa shape index (κ3) is 3.54. The van der Waals surface area contributed by atoms with Crippen LogP contribution in [0.5, 0.6) is 0 Å². The van der Waals surface area contributed by atoms with E-state index in [0.29, 0.717) is 11.3 Å². The van der Waals surface area contributed by atoms with Gasteiger partial charge in [-0.05, 0) is 23.3 Å². The molecule has 6 nitrogen and oxygen atoms in total. The standard InChI is InChI=1S/C21H14N6/c22-11-10-17-18(12-23)20(25)27-21(19(17)13-24)26-16-8-6-15(7-9-16)14-4-2-1-3-5-14/h1-9H,10H2,(H3,25,26,27). The molecule has 2 aromatic carbocycles. The first-order valence-electron chi connectivity index (χ1n) is 8.10. The Labute approximate surface area is 156 Å². The van der Waals surface area contributed by atoms with Crippen LogP contribution in [0.3, 0.4) is 0 Å². The van der Waals surface area contributed by atoms with Crippen LogP contribution in [0.1, 0.15) is 16.7 Å². The van der Waals surface area contributed by atoms with E-state index in [0.717, 1.165) is 11.1 Å². The van der Waals surface area contributed by atoms with Crippen LogP contribution in [0, 0.1) is 34.0 Å². The fourth-order valence-electron chi connectivity index (χ4n) is 2.76. The summed E-state index contributed by atoms with van der Waals surface area (Å²) in [7, 11) is 0. The topological polar surface area (TPSA) is 122 Å². The molecule has 0 unspecified atom stereocenters. The lowest BCUT2D eigenvalue weighted by atomic mass is 10.0. The SMILES string of the molecule is N#CCc1c(C#N)c(N)nc(Nc2ccc(-c3ccccc3)cc2)c1C#N. The maximum absolute atomic E-state index is 9.52. The first-order valence-corrected chi connectivity index (χ1v) is 8.10. The highest BCUT2D eigenvalue weighted by Crippen LogP contribution is 2.28. The minimum atomic E-state index is -0.0971. The van der Waals surface area contributed by atoms with Gasteiger partial charge in [-0.2, -0.15) is 15.8 Å². The predicted molar refractivity (Wildman–Crippen MR) is 103 cm³/mol. The van der Waals surface area contributed by atoms with E-state index in [-0.39, 0.29) is 29.2 Å². The number of nitriles is 3. The molecule has 1 aromatic heterocycles. The lowest BCUT2D eigenvalue weighted by molar-refractivity contribution is 1.17. The Morgan fingerprint density at radius 3 is 2.07 bits per heavy atom.